The predicted molar refractivity (Wildman–Crippen MR) is 431 cm³/mol. The summed E-state index contributed by atoms with van der Waals surface area (Å²) in [6.45, 7) is 24.4. The molecule has 0 spiro atoms. The van der Waals surface area contributed by atoms with Gasteiger partial charge in [0.05, 0.1) is 11.3 Å². The van der Waals surface area contributed by atoms with Gasteiger partial charge in [0.25, 0.3) is 0 Å². The van der Waals surface area contributed by atoms with Gasteiger partial charge in [-0.15, -0.1) is 71.0 Å². The Morgan fingerprint density at radius 3 is 1.44 bits per heavy atom. The standard InChI is InChI=1S/C34H22.C29H29BN.C24H19N2.C9H7N2.3Ir/c1-19-11-23-15-21(17-31-27-9-5-3-7-25(27)29(13-19)33(23)31)22-16-24-12-20(2)14-30-26-8-4-6-10-28(26)32(18-22)34(24)30;1-19-15-21(3)28(22(4)16-19)30(29-23(5)17-20(2)18-24(29)6)26-12-10-25(11-13-26)27-9-7-8-14-31-27;1-15-11-12-21-20(13-15)18-9-4-5-10-19(18)24-25-14-22(26(21)24)23-16(2)7-6-8-17(23)3;1-2-5-9(6-3-1)11-8-4-7-10-11;;;/h3-18H,1-2H3;7-10,12-18H,1-6H3;4-9,11-14H,1-3H3;1-5,7-8H;;;/q;3*-1;;;. The summed E-state index contributed by atoms with van der Waals surface area (Å²) in [6, 6.07) is 97.4. The minimum Gasteiger partial charge on any atom is -0.333 e. The first kappa shape index (κ1) is 73.3. The third-order valence-electron chi connectivity index (χ3n) is 20.6. The van der Waals surface area contributed by atoms with Gasteiger partial charge in [-0.25, -0.2) is 0 Å². The van der Waals surface area contributed by atoms with E-state index >= 15 is 0 Å². The normalized spacial score (nSPS) is 11.2. The Labute approximate surface area is 657 Å². The van der Waals surface area contributed by atoms with Crippen molar-refractivity contribution in [3.8, 4) is 83.8 Å². The van der Waals surface area contributed by atoms with Crippen molar-refractivity contribution in [2.24, 2.45) is 0 Å². The molecular formula is C96H77BIr3N5-3. The molecule has 19 rings (SSSR count). The number of aryl methyl sites for hydroxylation is 11. The molecule has 5 nitrogen and oxygen atoms in total. The smallest absolute Gasteiger partial charge is 0.192 e. The number of fused-ring (bicyclic) bond motifs is 12. The van der Waals surface area contributed by atoms with E-state index in [0.717, 1.165) is 33.7 Å². The zero-order valence-electron chi connectivity index (χ0n) is 60.7. The molecule has 0 amide bonds. The molecule has 0 N–H and O–H groups in total. The second kappa shape index (κ2) is 30.6. The van der Waals surface area contributed by atoms with Crippen LogP contribution < -0.4 is 16.4 Å². The van der Waals surface area contributed by atoms with E-state index in [9.17, 15) is 0 Å². The number of nitrogens with zero attached hydrogens (tertiary/aromatic N) is 5. The molecule has 13 aromatic carbocycles. The first-order valence-corrected chi connectivity index (χ1v) is 35.3. The van der Waals surface area contributed by atoms with Gasteiger partial charge < -0.3 is 9.38 Å². The fourth-order valence-electron chi connectivity index (χ4n) is 16.5. The van der Waals surface area contributed by atoms with Gasteiger partial charge in [0.1, 0.15) is 0 Å². The summed E-state index contributed by atoms with van der Waals surface area (Å²) in [5.74, 6) is 0. The molecule has 2 aliphatic rings. The van der Waals surface area contributed by atoms with Crippen molar-refractivity contribution in [2.75, 3.05) is 0 Å². The Kier molecular flexibility index (Phi) is 21.3. The number of hydrogen-bond donors (Lipinski definition) is 0. The molecule has 9 heteroatoms. The van der Waals surface area contributed by atoms with Crippen molar-refractivity contribution in [3.63, 3.8) is 0 Å². The van der Waals surface area contributed by atoms with E-state index in [4.69, 9.17) is 4.98 Å². The predicted octanol–water partition coefficient (Wildman–Crippen LogP) is 22.2. The van der Waals surface area contributed by atoms with Gasteiger partial charge in [-0.05, 0) is 235 Å². The maximum Gasteiger partial charge on any atom is 0.192 e. The number of hydrogen-bond acceptors (Lipinski definition) is 3. The molecule has 0 unspecified atom stereocenters. The molecule has 0 aliphatic heterocycles. The van der Waals surface area contributed by atoms with Crippen LogP contribution in [0, 0.1) is 94.4 Å². The van der Waals surface area contributed by atoms with Gasteiger partial charge in [0, 0.05) is 96.2 Å². The number of pyridine rings is 2. The molecule has 0 bridgehead atoms. The van der Waals surface area contributed by atoms with Crippen molar-refractivity contribution in [1.82, 2.24) is 24.1 Å². The van der Waals surface area contributed by atoms with E-state index in [1.807, 2.05) is 73.2 Å². The van der Waals surface area contributed by atoms with Crippen LogP contribution in [0.3, 0.4) is 0 Å². The van der Waals surface area contributed by atoms with Crippen LogP contribution in [-0.2, 0) is 60.3 Å². The molecule has 2 aliphatic carbocycles. The van der Waals surface area contributed by atoms with Crippen LogP contribution in [0.1, 0.15) is 61.2 Å². The SMILES string of the molecule is Cc1cc(C)c(B(c2c[c-]c(-c3ccccn3)cc2)c2c(C)cc(C)cc2C)c(C)c1.Cc1cc2c3c(cc(-c4cc5c6c(cc(C)cc6c4)-c4ccccc4-5)cc3c1)-c1ccccc1-2.Cc1ccc2c(c1)c1ccc[c-]c1c1ncc(-c3c(C)cccc3C)n21.[Ir].[Ir].[Ir].[c-]1ccccc1-n1cccn1. The van der Waals surface area contributed by atoms with Crippen molar-refractivity contribution < 1.29 is 60.3 Å². The number of rotatable bonds is 7. The Morgan fingerprint density at radius 2 is 0.924 bits per heavy atom. The van der Waals surface area contributed by atoms with E-state index in [0.29, 0.717) is 0 Å². The molecule has 0 saturated heterocycles. The Balaban J connectivity index is 0.000000129. The molecule has 4 heterocycles. The van der Waals surface area contributed by atoms with Crippen LogP contribution in [0.25, 0.3) is 133 Å². The summed E-state index contributed by atoms with van der Waals surface area (Å²) >= 11 is 0. The van der Waals surface area contributed by atoms with Crippen LogP contribution >= 0.6 is 0 Å². The van der Waals surface area contributed by atoms with E-state index in [1.54, 1.807) is 10.9 Å². The van der Waals surface area contributed by atoms with E-state index in [2.05, 4.69) is 297 Å². The molecule has 4 aromatic heterocycles. The molecule has 0 atom stereocenters. The van der Waals surface area contributed by atoms with E-state index in [-0.39, 0.29) is 67.0 Å². The maximum atomic E-state index is 4.81. The average Bonchev–Trinajstić information content (AvgIpc) is 1.61. The summed E-state index contributed by atoms with van der Waals surface area (Å²) < 4.78 is 4.07. The van der Waals surface area contributed by atoms with Crippen LogP contribution in [0.4, 0.5) is 0 Å². The Morgan fingerprint density at radius 1 is 0.381 bits per heavy atom. The second-order valence-electron chi connectivity index (χ2n) is 28.0. The molecule has 519 valence electrons. The van der Waals surface area contributed by atoms with Gasteiger partial charge >= 0.3 is 0 Å². The topological polar surface area (TPSA) is 48.0 Å². The third-order valence-corrected chi connectivity index (χ3v) is 20.6. The van der Waals surface area contributed by atoms with Crippen LogP contribution in [0.2, 0.25) is 0 Å². The summed E-state index contributed by atoms with van der Waals surface area (Å²) in [5, 5.41) is 13.0. The fraction of sp³-hybridized carbons (Fsp3) is 0.115. The monoisotopic (exact) mass is 1890 g/mol. The maximum absolute atomic E-state index is 4.81. The molecule has 0 saturated carbocycles. The zero-order valence-corrected chi connectivity index (χ0v) is 67.9. The first-order chi connectivity index (χ1) is 49.6. The largest absolute Gasteiger partial charge is 0.333 e. The summed E-state index contributed by atoms with van der Waals surface area (Å²) in [6.07, 6.45) is 7.48. The minimum atomic E-state index is 0. The number of imidazole rings is 1. The van der Waals surface area contributed by atoms with E-state index in [1.165, 1.54) is 177 Å². The molecular weight excluding hydrogens is 1810 g/mol. The minimum absolute atomic E-state index is 0. The van der Waals surface area contributed by atoms with Crippen molar-refractivity contribution in [3.05, 3.63) is 347 Å². The van der Waals surface area contributed by atoms with Gasteiger partial charge in [0.2, 0.25) is 0 Å². The first-order valence-electron chi connectivity index (χ1n) is 35.3. The number of benzene rings is 13. The molecule has 105 heavy (non-hydrogen) atoms. The Bertz CT molecular complexity index is 5880. The van der Waals surface area contributed by atoms with Gasteiger partial charge in [-0.2, -0.15) is 29.4 Å². The van der Waals surface area contributed by atoms with Crippen LogP contribution in [-0.4, -0.2) is 30.9 Å². The molecule has 3 radical (unpaired) electrons. The van der Waals surface area contributed by atoms with Crippen molar-refractivity contribution in [1.29, 1.82) is 0 Å². The second-order valence-corrected chi connectivity index (χ2v) is 28.0. The quantitative estimate of drug-likeness (QED) is 0.0908. The summed E-state index contributed by atoms with van der Waals surface area (Å²) in [4.78, 5) is 9.29. The summed E-state index contributed by atoms with van der Waals surface area (Å²) in [5.41, 5.74) is 39.5. The average molecular weight is 1890 g/mol. The third kappa shape index (κ3) is 13.8. The molecule has 0 fully saturated rings. The zero-order chi connectivity index (χ0) is 70.0. The van der Waals surface area contributed by atoms with Gasteiger partial charge in [0.15, 0.2) is 6.71 Å². The van der Waals surface area contributed by atoms with Crippen molar-refractivity contribution >= 4 is 72.0 Å². The molecule has 17 aromatic rings. The Hall–Kier alpha value is -10.0. The fourth-order valence-corrected chi connectivity index (χ4v) is 16.5. The van der Waals surface area contributed by atoms with Gasteiger partial charge in [-0.1, -0.05) is 195 Å². The number of aromatic nitrogens is 5. The summed E-state index contributed by atoms with van der Waals surface area (Å²) in [7, 11) is 0. The number of para-hydroxylation sites is 1. The van der Waals surface area contributed by atoms with Crippen LogP contribution in [0.5, 0.6) is 0 Å². The van der Waals surface area contributed by atoms with Crippen molar-refractivity contribution in [2.45, 2.75) is 76.2 Å². The van der Waals surface area contributed by atoms with Gasteiger partial charge in [-0.3, -0.25) is 9.67 Å². The van der Waals surface area contributed by atoms with Crippen LogP contribution in [0.15, 0.2) is 267 Å². The van der Waals surface area contributed by atoms with E-state index < -0.39 is 0 Å².